The summed E-state index contributed by atoms with van der Waals surface area (Å²) in [6.45, 7) is 12.9. The molecule has 2 unspecified atom stereocenters. The van der Waals surface area contributed by atoms with E-state index >= 15 is 0 Å². The Kier molecular flexibility index (Phi) is 5.37. The van der Waals surface area contributed by atoms with Crippen molar-refractivity contribution >= 4 is 39.2 Å². The van der Waals surface area contributed by atoms with Crippen LogP contribution >= 0.6 is 11.3 Å². The van der Waals surface area contributed by atoms with Crippen molar-refractivity contribution in [3.8, 4) is 0 Å². The maximum atomic E-state index is 14.5. The summed E-state index contributed by atoms with van der Waals surface area (Å²) in [4.78, 5) is 39.0. The van der Waals surface area contributed by atoms with Crippen molar-refractivity contribution in [3.63, 3.8) is 0 Å². The minimum atomic E-state index is -0.826. The molecular weight excluding hydrogens is 482 g/mol. The number of thiophene rings is 1. The first-order valence-electron chi connectivity index (χ1n) is 13.5. The number of esters is 1. The molecule has 7 heteroatoms. The van der Waals surface area contributed by atoms with E-state index in [1.165, 1.54) is 10.4 Å². The Morgan fingerprint density at radius 2 is 1.65 bits per heavy atom. The molecule has 1 aromatic carbocycles. The van der Waals surface area contributed by atoms with Crippen LogP contribution in [0.1, 0.15) is 96.7 Å². The van der Waals surface area contributed by atoms with Gasteiger partial charge in [-0.25, -0.2) is 14.8 Å². The second kappa shape index (κ2) is 8.10. The Hall–Kier alpha value is -2.80. The first-order chi connectivity index (χ1) is 17.5. The molecule has 2 atom stereocenters. The zero-order valence-electron chi connectivity index (χ0n) is 22.6. The molecular formula is C30H35N3O3S. The summed E-state index contributed by atoms with van der Waals surface area (Å²) in [6.07, 6.45) is 5.53. The molecule has 0 spiro atoms. The summed E-state index contributed by atoms with van der Waals surface area (Å²) in [5.74, 6) is -0.421. The third-order valence-corrected chi connectivity index (χ3v) is 11.1. The van der Waals surface area contributed by atoms with Gasteiger partial charge in [0.25, 0.3) is 0 Å². The summed E-state index contributed by atoms with van der Waals surface area (Å²) in [6, 6.07) is 4.19. The smallest absolute Gasteiger partial charge is 0.341 e. The number of nitrogens with zero attached hydrogens (tertiary/aromatic N) is 2. The molecule has 6 rings (SSSR count). The number of fused-ring (bicyclic) bond motifs is 7. The molecule has 1 amide bonds. The van der Waals surface area contributed by atoms with Gasteiger partial charge in [-0.1, -0.05) is 20.8 Å². The van der Waals surface area contributed by atoms with Gasteiger partial charge in [-0.2, -0.15) is 0 Å². The molecule has 0 saturated heterocycles. The molecule has 2 heterocycles. The Morgan fingerprint density at radius 3 is 2.32 bits per heavy atom. The fourth-order valence-electron chi connectivity index (χ4n) is 7.14. The van der Waals surface area contributed by atoms with Crippen LogP contribution in [0.15, 0.2) is 12.1 Å². The highest BCUT2D eigenvalue weighted by molar-refractivity contribution is 7.17. The third kappa shape index (κ3) is 3.09. The molecule has 2 bridgehead atoms. The number of aryl methyl sites for hydroxylation is 3. The lowest BCUT2D eigenvalue weighted by molar-refractivity contribution is -0.125. The van der Waals surface area contributed by atoms with E-state index < -0.39 is 10.8 Å². The van der Waals surface area contributed by atoms with E-state index in [0.29, 0.717) is 23.6 Å². The SMILES string of the molecule is CCOC(=O)c1c(NC(=O)C23CCC(C)(c4nc5cc(C)c(C)cc5nc42)C3(C)C)sc2c1CCCC2. The van der Waals surface area contributed by atoms with Crippen molar-refractivity contribution in [2.75, 3.05) is 11.9 Å². The number of hydrogen-bond donors (Lipinski definition) is 1. The second-order valence-electron chi connectivity index (χ2n) is 11.8. The van der Waals surface area contributed by atoms with E-state index in [1.807, 2.05) is 6.92 Å². The van der Waals surface area contributed by atoms with E-state index in [-0.39, 0.29) is 17.3 Å². The van der Waals surface area contributed by atoms with Crippen LogP contribution in [0.25, 0.3) is 11.0 Å². The molecule has 1 N–H and O–H groups in total. The fraction of sp³-hybridized carbons (Fsp3) is 0.533. The zero-order valence-corrected chi connectivity index (χ0v) is 23.4. The van der Waals surface area contributed by atoms with Crippen LogP contribution in [-0.4, -0.2) is 28.5 Å². The van der Waals surface area contributed by atoms with Gasteiger partial charge in [0, 0.05) is 10.3 Å². The number of ether oxygens (including phenoxy) is 1. The van der Waals surface area contributed by atoms with Crippen molar-refractivity contribution in [3.05, 3.63) is 50.7 Å². The highest BCUT2D eigenvalue weighted by Gasteiger charge is 2.73. The Morgan fingerprint density at radius 1 is 1.00 bits per heavy atom. The summed E-state index contributed by atoms with van der Waals surface area (Å²) in [7, 11) is 0. The van der Waals surface area contributed by atoms with Crippen molar-refractivity contribution in [1.29, 1.82) is 0 Å². The number of carbonyl (C=O) groups is 2. The lowest BCUT2D eigenvalue weighted by atomic mass is 9.63. The first-order valence-corrected chi connectivity index (χ1v) is 14.3. The lowest BCUT2D eigenvalue weighted by Crippen LogP contribution is -2.48. The maximum Gasteiger partial charge on any atom is 0.341 e. The minimum absolute atomic E-state index is 0.0818. The van der Waals surface area contributed by atoms with E-state index in [4.69, 9.17) is 14.7 Å². The topological polar surface area (TPSA) is 81.2 Å². The predicted octanol–water partition coefficient (Wildman–Crippen LogP) is 6.33. The molecule has 0 aliphatic heterocycles. The number of nitrogens with one attached hydrogen (secondary N) is 1. The maximum absolute atomic E-state index is 14.5. The Balaban J connectivity index is 1.49. The third-order valence-electron chi connectivity index (χ3n) is 9.92. The normalized spacial score (nSPS) is 25.1. The zero-order chi connectivity index (χ0) is 26.3. The first kappa shape index (κ1) is 24.5. The standard InChI is InChI=1S/C30H35N3O3S/c1-7-36-26(34)22-18-10-8-9-11-21(18)37-25(22)33-27(35)30-13-12-29(6,28(30,4)5)23-24(30)32-20-15-17(3)16(2)14-19(20)31-23/h14-15H,7-13H2,1-6H3,(H,33,35). The summed E-state index contributed by atoms with van der Waals surface area (Å²) in [5.41, 5.74) is 5.95. The number of rotatable bonds is 4. The molecule has 1 fully saturated rings. The molecule has 3 aromatic rings. The quantitative estimate of drug-likeness (QED) is 0.409. The molecule has 3 aliphatic rings. The number of carbonyl (C=O) groups excluding carboxylic acids is 2. The van der Waals surface area contributed by atoms with E-state index in [1.54, 1.807) is 11.3 Å². The number of benzene rings is 1. The van der Waals surface area contributed by atoms with Gasteiger partial charge in [0.05, 0.1) is 40.0 Å². The van der Waals surface area contributed by atoms with Crippen LogP contribution in [0.3, 0.4) is 0 Å². The average Bonchev–Trinajstić information content (AvgIpc) is 3.36. The van der Waals surface area contributed by atoms with Crippen LogP contribution in [0.5, 0.6) is 0 Å². The highest BCUT2D eigenvalue weighted by Crippen LogP contribution is 2.70. The predicted molar refractivity (Wildman–Crippen MR) is 147 cm³/mol. The van der Waals surface area contributed by atoms with Crippen molar-refractivity contribution < 1.29 is 14.3 Å². The molecule has 1 saturated carbocycles. The van der Waals surface area contributed by atoms with Crippen molar-refractivity contribution in [1.82, 2.24) is 9.97 Å². The van der Waals surface area contributed by atoms with Gasteiger partial charge in [0.1, 0.15) is 5.00 Å². The van der Waals surface area contributed by atoms with Gasteiger partial charge < -0.3 is 10.1 Å². The lowest BCUT2D eigenvalue weighted by Gasteiger charge is -2.39. The Labute approximate surface area is 222 Å². The van der Waals surface area contributed by atoms with Gasteiger partial charge in [0.2, 0.25) is 5.91 Å². The van der Waals surface area contributed by atoms with Gasteiger partial charge in [0.15, 0.2) is 0 Å². The van der Waals surface area contributed by atoms with Crippen LogP contribution < -0.4 is 5.32 Å². The number of aromatic nitrogens is 2. The molecule has 0 radical (unpaired) electrons. The fourth-order valence-corrected chi connectivity index (χ4v) is 8.42. The average molecular weight is 518 g/mol. The van der Waals surface area contributed by atoms with E-state index in [0.717, 1.165) is 65.7 Å². The molecule has 2 aromatic heterocycles. The number of amides is 1. The van der Waals surface area contributed by atoms with Crippen LogP contribution in [0.4, 0.5) is 5.00 Å². The van der Waals surface area contributed by atoms with Gasteiger partial charge in [-0.3, -0.25) is 4.79 Å². The second-order valence-corrected chi connectivity index (χ2v) is 12.9. The molecule has 6 nitrogen and oxygen atoms in total. The molecule has 37 heavy (non-hydrogen) atoms. The summed E-state index contributed by atoms with van der Waals surface area (Å²) < 4.78 is 5.44. The van der Waals surface area contributed by atoms with Crippen LogP contribution in [-0.2, 0) is 33.2 Å². The minimum Gasteiger partial charge on any atom is -0.462 e. The van der Waals surface area contributed by atoms with Crippen LogP contribution in [0, 0.1) is 19.3 Å². The van der Waals surface area contributed by atoms with Gasteiger partial charge in [-0.05, 0) is 93.5 Å². The number of anilines is 1. The van der Waals surface area contributed by atoms with Gasteiger partial charge >= 0.3 is 5.97 Å². The van der Waals surface area contributed by atoms with E-state index in [9.17, 15) is 9.59 Å². The monoisotopic (exact) mass is 517 g/mol. The molecule has 194 valence electrons. The largest absolute Gasteiger partial charge is 0.462 e. The Bertz CT molecular complexity index is 1490. The van der Waals surface area contributed by atoms with Gasteiger partial charge in [-0.15, -0.1) is 11.3 Å². The summed E-state index contributed by atoms with van der Waals surface area (Å²) >= 11 is 1.54. The van der Waals surface area contributed by atoms with Crippen LogP contribution in [0.2, 0.25) is 0 Å². The van der Waals surface area contributed by atoms with E-state index in [2.05, 4.69) is 52.1 Å². The van der Waals surface area contributed by atoms with Crippen molar-refractivity contribution in [2.45, 2.75) is 90.9 Å². The number of hydrogen-bond acceptors (Lipinski definition) is 6. The van der Waals surface area contributed by atoms with Crippen molar-refractivity contribution in [2.24, 2.45) is 5.41 Å². The highest BCUT2D eigenvalue weighted by atomic mass is 32.1. The molecule has 3 aliphatic carbocycles. The summed E-state index contributed by atoms with van der Waals surface area (Å²) in [5, 5.41) is 3.89.